The van der Waals surface area contributed by atoms with Gasteiger partial charge in [0.15, 0.2) is 18.1 Å². The van der Waals surface area contributed by atoms with E-state index >= 15 is 0 Å². The maximum atomic E-state index is 12.6. The Labute approximate surface area is 168 Å². The molecule has 2 aromatic rings. The Kier molecular flexibility index (Phi) is 5.56. The number of hydrogen-bond acceptors (Lipinski definition) is 7. The van der Waals surface area contributed by atoms with Gasteiger partial charge < -0.3 is 24.3 Å². The van der Waals surface area contributed by atoms with Crippen LogP contribution in [0, 0.1) is 0 Å². The van der Waals surface area contributed by atoms with Gasteiger partial charge in [-0.05, 0) is 36.4 Å². The average Bonchev–Trinajstić information content (AvgIpc) is 3.21. The number of ether oxygens (including phenoxy) is 4. The average molecular weight is 420 g/mol. The predicted molar refractivity (Wildman–Crippen MR) is 103 cm³/mol. The molecule has 2 heterocycles. The summed E-state index contributed by atoms with van der Waals surface area (Å²) in [4.78, 5) is 12.3. The van der Waals surface area contributed by atoms with Crippen LogP contribution >= 0.6 is 0 Å². The van der Waals surface area contributed by atoms with E-state index in [1.165, 1.54) is 16.4 Å². The first-order valence-corrected chi connectivity index (χ1v) is 10.5. The maximum absolute atomic E-state index is 12.6. The second-order valence-corrected chi connectivity index (χ2v) is 8.33. The van der Waals surface area contributed by atoms with E-state index in [-0.39, 0.29) is 24.2 Å². The molecule has 1 amide bonds. The zero-order chi connectivity index (χ0) is 20.3. The van der Waals surface area contributed by atoms with Gasteiger partial charge in [-0.2, -0.15) is 4.31 Å². The first-order chi connectivity index (χ1) is 14.0. The molecule has 0 aliphatic carbocycles. The number of morpholine rings is 1. The summed E-state index contributed by atoms with van der Waals surface area (Å²) < 4.78 is 47.7. The van der Waals surface area contributed by atoms with E-state index in [0.29, 0.717) is 49.2 Å². The van der Waals surface area contributed by atoms with E-state index in [4.69, 9.17) is 18.9 Å². The van der Waals surface area contributed by atoms with Crippen LogP contribution in [0.5, 0.6) is 17.2 Å². The third-order valence-electron chi connectivity index (χ3n) is 4.46. The van der Waals surface area contributed by atoms with Gasteiger partial charge in [-0.25, -0.2) is 8.42 Å². The van der Waals surface area contributed by atoms with Crippen molar-refractivity contribution in [3.05, 3.63) is 42.5 Å². The zero-order valence-electron chi connectivity index (χ0n) is 15.5. The third-order valence-corrected chi connectivity index (χ3v) is 6.37. The van der Waals surface area contributed by atoms with Crippen molar-refractivity contribution in [2.45, 2.75) is 4.90 Å². The molecule has 0 aromatic heterocycles. The van der Waals surface area contributed by atoms with Crippen molar-refractivity contribution in [2.24, 2.45) is 0 Å². The van der Waals surface area contributed by atoms with Crippen molar-refractivity contribution < 1.29 is 32.2 Å². The lowest BCUT2D eigenvalue weighted by atomic mass is 10.3. The predicted octanol–water partition coefficient (Wildman–Crippen LogP) is 1.45. The Balaban J connectivity index is 1.33. The number of carbonyl (C=O) groups is 1. The first kappa shape index (κ1) is 19.5. The molecule has 29 heavy (non-hydrogen) atoms. The van der Waals surface area contributed by atoms with Crippen LogP contribution < -0.4 is 19.5 Å². The van der Waals surface area contributed by atoms with Crippen LogP contribution in [0.4, 0.5) is 5.69 Å². The smallest absolute Gasteiger partial charge is 0.262 e. The number of sulfonamides is 1. The van der Waals surface area contributed by atoms with Gasteiger partial charge in [-0.1, -0.05) is 0 Å². The lowest BCUT2D eigenvalue weighted by molar-refractivity contribution is -0.118. The van der Waals surface area contributed by atoms with E-state index in [1.54, 1.807) is 30.3 Å². The van der Waals surface area contributed by atoms with Gasteiger partial charge in [-0.15, -0.1) is 0 Å². The van der Waals surface area contributed by atoms with Gasteiger partial charge in [0, 0.05) is 24.8 Å². The summed E-state index contributed by atoms with van der Waals surface area (Å²) in [6.07, 6.45) is 0. The molecule has 0 bridgehead atoms. The molecule has 0 saturated carbocycles. The second kappa shape index (κ2) is 8.27. The standard InChI is InChI=1S/C19H20N2O7S/c22-19(12-26-15-3-6-17-18(11-15)28-13-27-17)20-14-1-4-16(5-2-14)29(23,24)21-7-9-25-10-8-21/h1-6,11H,7-10,12-13H2,(H,20,22). The molecule has 2 aliphatic rings. The maximum Gasteiger partial charge on any atom is 0.262 e. The molecule has 2 aliphatic heterocycles. The Morgan fingerprint density at radius 1 is 1.03 bits per heavy atom. The Morgan fingerprint density at radius 3 is 2.52 bits per heavy atom. The fourth-order valence-corrected chi connectivity index (χ4v) is 4.37. The minimum atomic E-state index is -3.56. The number of rotatable bonds is 6. The molecule has 0 radical (unpaired) electrons. The van der Waals surface area contributed by atoms with Gasteiger partial charge in [0.25, 0.3) is 5.91 Å². The number of carbonyl (C=O) groups excluding carboxylic acids is 1. The number of benzene rings is 2. The molecular formula is C19H20N2O7S. The van der Waals surface area contributed by atoms with Gasteiger partial charge in [-0.3, -0.25) is 4.79 Å². The van der Waals surface area contributed by atoms with Crippen molar-refractivity contribution >= 4 is 21.6 Å². The third kappa shape index (κ3) is 4.44. The molecule has 0 spiro atoms. The van der Waals surface area contributed by atoms with Crippen LogP contribution in [-0.4, -0.2) is 58.3 Å². The zero-order valence-corrected chi connectivity index (χ0v) is 16.3. The van der Waals surface area contributed by atoms with E-state index in [0.717, 1.165) is 0 Å². The highest BCUT2D eigenvalue weighted by Gasteiger charge is 2.26. The summed E-state index contributed by atoms with van der Waals surface area (Å²) in [6.45, 7) is 1.40. The van der Waals surface area contributed by atoms with Crippen LogP contribution in [0.25, 0.3) is 0 Å². The van der Waals surface area contributed by atoms with Crippen molar-refractivity contribution in [1.29, 1.82) is 0 Å². The van der Waals surface area contributed by atoms with Gasteiger partial charge in [0.1, 0.15) is 5.75 Å². The first-order valence-electron chi connectivity index (χ1n) is 9.03. The number of nitrogens with one attached hydrogen (secondary N) is 1. The number of fused-ring (bicyclic) bond motifs is 1. The lowest BCUT2D eigenvalue weighted by Gasteiger charge is -2.26. The number of anilines is 1. The Hall–Kier alpha value is -2.82. The second-order valence-electron chi connectivity index (χ2n) is 6.39. The number of nitrogens with zero attached hydrogens (tertiary/aromatic N) is 1. The number of hydrogen-bond donors (Lipinski definition) is 1. The summed E-state index contributed by atoms with van der Waals surface area (Å²) in [5.74, 6) is 1.32. The summed E-state index contributed by atoms with van der Waals surface area (Å²) in [7, 11) is -3.56. The number of amides is 1. The van der Waals surface area contributed by atoms with E-state index in [9.17, 15) is 13.2 Å². The molecule has 1 N–H and O–H groups in total. The van der Waals surface area contributed by atoms with Gasteiger partial charge in [0.05, 0.1) is 18.1 Å². The molecule has 10 heteroatoms. The van der Waals surface area contributed by atoms with Crippen LogP contribution in [0.2, 0.25) is 0 Å². The summed E-state index contributed by atoms with van der Waals surface area (Å²) in [6, 6.07) is 11.1. The quantitative estimate of drug-likeness (QED) is 0.754. The molecule has 9 nitrogen and oxygen atoms in total. The Morgan fingerprint density at radius 2 is 1.76 bits per heavy atom. The van der Waals surface area contributed by atoms with Crippen molar-refractivity contribution in [3.63, 3.8) is 0 Å². The fraction of sp³-hybridized carbons (Fsp3) is 0.316. The molecule has 154 valence electrons. The molecule has 0 unspecified atom stereocenters. The summed E-state index contributed by atoms with van der Waals surface area (Å²) >= 11 is 0. The van der Waals surface area contributed by atoms with E-state index in [2.05, 4.69) is 5.32 Å². The fourth-order valence-electron chi connectivity index (χ4n) is 2.96. The molecular weight excluding hydrogens is 400 g/mol. The van der Waals surface area contributed by atoms with E-state index < -0.39 is 10.0 Å². The van der Waals surface area contributed by atoms with Crippen LogP contribution in [0.15, 0.2) is 47.4 Å². The van der Waals surface area contributed by atoms with Crippen molar-refractivity contribution in [1.82, 2.24) is 4.31 Å². The molecule has 2 aromatic carbocycles. The van der Waals surface area contributed by atoms with E-state index in [1.807, 2.05) is 0 Å². The highest BCUT2D eigenvalue weighted by atomic mass is 32.2. The molecule has 0 atom stereocenters. The molecule has 4 rings (SSSR count). The van der Waals surface area contributed by atoms with Crippen molar-refractivity contribution in [3.8, 4) is 17.2 Å². The lowest BCUT2D eigenvalue weighted by Crippen LogP contribution is -2.40. The summed E-state index contributed by atoms with van der Waals surface area (Å²) in [5.41, 5.74) is 0.477. The van der Waals surface area contributed by atoms with Gasteiger partial charge >= 0.3 is 0 Å². The van der Waals surface area contributed by atoms with Crippen LogP contribution in [-0.2, 0) is 19.6 Å². The summed E-state index contributed by atoms with van der Waals surface area (Å²) in [5, 5.41) is 2.67. The highest BCUT2D eigenvalue weighted by molar-refractivity contribution is 7.89. The minimum absolute atomic E-state index is 0.163. The van der Waals surface area contributed by atoms with Crippen molar-refractivity contribution in [2.75, 3.05) is 45.0 Å². The Bertz CT molecular complexity index is 986. The molecule has 1 fully saturated rings. The normalized spacial score (nSPS) is 16.4. The minimum Gasteiger partial charge on any atom is -0.484 e. The SMILES string of the molecule is O=C(COc1ccc2c(c1)OCO2)Nc1ccc(S(=O)(=O)N2CCOCC2)cc1. The monoisotopic (exact) mass is 420 g/mol. The van der Waals surface area contributed by atoms with Gasteiger partial charge in [0.2, 0.25) is 16.8 Å². The highest BCUT2D eigenvalue weighted by Crippen LogP contribution is 2.35. The molecule has 1 saturated heterocycles. The largest absolute Gasteiger partial charge is 0.484 e. The van der Waals surface area contributed by atoms with Crippen LogP contribution in [0.3, 0.4) is 0 Å². The topological polar surface area (TPSA) is 103 Å². The van der Waals surface area contributed by atoms with Crippen LogP contribution in [0.1, 0.15) is 0 Å².